The molecule has 0 heterocycles. The molecule has 0 spiro atoms. The number of unbranched alkanes of at least 4 members (excludes halogenated alkanes) is 5. The SMILES string of the molecule is CCCCCCCCC(COCc1c(F)c(F)c(F)c(F)c1F)C(OC)(OC)OC. The van der Waals surface area contributed by atoms with Gasteiger partial charge in [-0.05, 0) is 6.42 Å². The highest BCUT2D eigenvalue weighted by atomic mass is 19.2. The maximum Gasteiger partial charge on any atom is 0.287 e. The van der Waals surface area contributed by atoms with Gasteiger partial charge in [-0.2, -0.15) is 0 Å². The summed E-state index contributed by atoms with van der Waals surface area (Å²) in [6.07, 6.45) is 6.80. The summed E-state index contributed by atoms with van der Waals surface area (Å²) < 4.78 is 89.0. The second-order valence-corrected chi connectivity index (χ2v) is 7.03. The van der Waals surface area contributed by atoms with E-state index < -0.39 is 53.1 Å². The van der Waals surface area contributed by atoms with Gasteiger partial charge in [0, 0.05) is 21.3 Å². The van der Waals surface area contributed by atoms with E-state index in [4.69, 9.17) is 18.9 Å². The molecule has 1 aromatic rings. The third-order valence-corrected chi connectivity index (χ3v) is 5.13. The van der Waals surface area contributed by atoms with Gasteiger partial charge >= 0.3 is 0 Å². The Kier molecular flexibility index (Phi) is 11.8. The van der Waals surface area contributed by atoms with Crippen molar-refractivity contribution in [2.45, 2.75) is 64.4 Å². The van der Waals surface area contributed by atoms with E-state index in [0.717, 1.165) is 38.5 Å². The molecule has 0 aliphatic rings. The molecule has 1 unspecified atom stereocenters. The Balaban J connectivity index is 2.83. The number of benzene rings is 1. The van der Waals surface area contributed by atoms with Crippen LogP contribution in [0.4, 0.5) is 22.0 Å². The minimum Gasteiger partial charge on any atom is -0.376 e. The van der Waals surface area contributed by atoms with Gasteiger partial charge < -0.3 is 18.9 Å². The molecule has 0 N–H and O–H groups in total. The second-order valence-electron chi connectivity index (χ2n) is 7.03. The van der Waals surface area contributed by atoms with E-state index in [1.165, 1.54) is 21.3 Å². The number of rotatable bonds is 15. The van der Waals surface area contributed by atoms with Crippen LogP contribution in [0.5, 0.6) is 0 Å². The second kappa shape index (κ2) is 13.2. The normalized spacial score (nSPS) is 13.1. The topological polar surface area (TPSA) is 36.9 Å². The molecule has 0 aliphatic heterocycles. The quantitative estimate of drug-likeness (QED) is 0.112. The van der Waals surface area contributed by atoms with Crippen LogP contribution in [0.1, 0.15) is 57.4 Å². The van der Waals surface area contributed by atoms with Crippen LogP contribution in [0.15, 0.2) is 0 Å². The zero-order valence-corrected chi connectivity index (χ0v) is 18.0. The molecule has 0 aliphatic carbocycles. The first kappa shape index (κ1) is 26.7. The summed E-state index contributed by atoms with van der Waals surface area (Å²) >= 11 is 0. The number of hydrogen-bond donors (Lipinski definition) is 0. The molecule has 0 radical (unpaired) electrons. The zero-order chi connectivity index (χ0) is 22.7. The minimum atomic E-state index is -2.20. The molecule has 1 atom stereocenters. The summed E-state index contributed by atoms with van der Waals surface area (Å²) in [5.41, 5.74) is -1.03. The summed E-state index contributed by atoms with van der Waals surface area (Å²) in [6.45, 7) is 1.19. The molecule has 0 aromatic heterocycles. The van der Waals surface area contributed by atoms with E-state index in [-0.39, 0.29) is 6.61 Å². The lowest BCUT2D eigenvalue weighted by atomic mass is 9.98. The van der Waals surface area contributed by atoms with Gasteiger partial charge in [-0.15, -0.1) is 0 Å². The highest BCUT2D eigenvalue weighted by Crippen LogP contribution is 2.30. The Labute approximate surface area is 174 Å². The average Bonchev–Trinajstić information content (AvgIpc) is 2.76. The number of ether oxygens (including phenoxy) is 4. The summed E-state index contributed by atoms with van der Waals surface area (Å²) in [4.78, 5) is 0. The predicted molar refractivity (Wildman–Crippen MR) is 101 cm³/mol. The maximum atomic E-state index is 13.8. The number of methoxy groups -OCH3 is 3. The molecular weight excluding hydrogens is 411 g/mol. The van der Waals surface area contributed by atoms with E-state index in [0.29, 0.717) is 6.42 Å². The third-order valence-electron chi connectivity index (χ3n) is 5.13. The van der Waals surface area contributed by atoms with E-state index >= 15 is 0 Å². The Morgan fingerprint density at radius 3 is 1.67 bits per heavy atom. The third kappa shape index (κ3) is 6.60. The van der Waals surface area contributed by atoms with Gasteiger partial charge in [-0.1, -0.05) is 45.4 Å². The molecule has 1 rings (SSSR count). The van der Waals surface area contributed by atoms with Gasteiger partial charge in [-0.25, -0.2) is 22.0 Å². The Morgan fingerprint density at radius 2 is 1.17 bits per heavy atom. The molecule has 0 fully saturated rings. The van der Waals surface area contributed by atoms with Crippen LogP contribution in [0.2, 0.25) is 0 Å². The van der Waals surface area contributed by atoms with E-state index in [9.17, 15) is 22.0 Å². The van der Waals surface area contributed by atoms with Crippen molar-refractivity contribution >= 4 is 0 Å². The summed E-state index contributed by atoms with van der Waals surface area (Å²) in [5, 5.41) is 0. The van der Waals surface area contributed by atoms with Crippen molar-refractivity contribution in [3.05, 3.63) is 34.6 Å². The fourth-order valence-electron chi connectivity index (χ4n) is 3.36. The smallest absolute Gasteiger partial charge is 0.287 e. The fraction of sp³-hybridized carbons (Fsp3) is 0.714. The zero-order valence-electron chi connectivity index (χ0n) is 18.0. The average molecular weight is 442 g/mol. The summed E-state index contributed by atoms with van der Waals surface area (Å²) in [6, 6.07) is 0. The Bertz CT molecular complexity index is 616. The lowest BCUT2D eigenvalue weighted by molar-refractivity contribution is -0.383. The van der Waals surface area contributed by atoms with Crippen LogP contribution in [0, 0.1) is 35.0 Å². The van der Waals surface area contributed by atoms with Crippen LogP contribution in [0.3, 0.4) is 0 Å². The Morgan fingerprint density at radius 1 is 0.700 bits per heavy atom. The van der Waals surface area contributed by atoms with Gasteiger partial charge in [0.2, 0.25) is 5.82 Å². The lowest BCUT2D eigenvalue weighted by Crippen LogP contribution is -2.46. The monoisotopic (exact) mass is 442 g/mol. The summed E-state index contributed by atoms with van der Waals surface area (Å²) in [5.74, 6) is -12.0. The molecule has 174 valence electrons. The molecule has 0 bridgehead atoms. The first-order valence-electron chi connectivity index (χ1n) is 10.0. The van der Waals surface area contributed by atoms with Crippen molar-refractivity contribution in [1.82, 2.24) is 0 Å². The molecule has 4 nitrogen and oxygen atoms in total. The molecule has 1 aromatic carbocycles. The summed E-state index contributed by atoms with van der Waals surface area (Å²) in [7, 11) is 4.14. The standard InChI is InChI=1S/C21H31F5O4/c1-5-6-7-8-9-10-11-14(21(27-2,28-3)29-4)12-30-13-15-16(22)18(24)20(26)19(25)17(15)23/h14H,5-13H2,1-4H3. The number of halogens is 5. The van der Waals surface area contributed by atoms with Gasteiger partial charge in [0.25, 0.3) is 5.97 Å². The van der Waals surface area contributed by atoms with Crippen molar-refractivity contribution in [3.8, 4) is 0 Å². The lowest BCUT2D eigenvalue weighted by Gasteiger charge is -2.36. The fourth-order valence-corrected chi connectivity index (χ4v) is 3.36. The largest absolute Gasteiger partial charge is 0.376 e. The van der Waals surface area contributed by atoms with Crippen molar-refractivity contribution in [2.75, 3.05) is 27.9 Å². The van der Waals surface area contributed by atoms with Crippen LogP contribution < -0.4 is 0 Å². The first-order chi connectivity index (χ1) is 14.3. The first-order valence-corrected chi connectivity index (χ1v) is 10.0. The highest BCUT2D eigenvalue weighted by molar-refractivity contribution is 5.23. The molecule has 30 heavy (non-hydrogen) atoms. The van der Waals surface area contributed by atoms with Gasteiger partial charge in [-0.3, -0.25) is 0 Å². The van der Waals surface area contributed by atoms with Crippen LogP contribution in [-0.2, 0) is 25.6 Å². The van der Waals surface area contributed by atoms with E-state index in [2.05, 4.69) is 6.92 Å². The highest BCUT2D eigenvalue weighted by Gasteiger charge is 2.40. The molecule has 0 amide bonds. The van der Waals surface area contributed by atoms with Gasteiger partial charge in [0.15, 0.2) is 23.3 Å². The predicted octanol–water partition coefficient (Wildman–Crippen LogP) is 5.86. The number of hydrogen-bond acceptors (Lipinski definition) is 4. The van der Waals surface area contributed by atoms with E-state index in [1.54, 1.807) is 0 Å². The molecule has 0 saturated heterocycles. The Hall–Kier alpha value is -1.29. The molecular formula is C21H31F5O4. The maximum absolute atomic E-state index is 13.8. The minimum absolute atomic E-state index is 0.135. The van der Waals surface area contributed by atoms with Crippen LogP contribution in [0.25, 0.3) is 0 Å². The van der Waals surface area contributed by atoms with Gasteiger partial charge in [0.1, 0.15) is 0 Å². The van der Waals surface area contributed by atoms with Crippen LogP contribution in [-0.4, -0.2) is 33.9 Å². The van der Waals surface area contributed by atoms with Crippen molar-refractivity contribution in [2.24, 2.45) is 5.92 Å². The van der Waals surface area contributed by atoms with E-state index in [1.807, 2.05) is 0 Å². The molecule has 0 saturated carbocycles. The molecule has 9 heteroatoms. The van der Waals surface area contributed by atoms with Crippen molar-refractivity contribution < 1.29 is 40.9 Å². The van der Waals surface area contributed by atoms with Gasteiger partial charge in [0.05, 0.1) is 24.7 Å². The van der Waals surface area contributed by atoms with Crippen molar-refractivity contribution in [3.63, 3.8) is 0 Å². The van der Waals surface area contributed by atoms with Crippen molar-refractivity contribution in [1.29, 1.82) is 0 Å². The van der Waals surface area contributed by atoms with Crippen LogP contribution >= 0.6 is 0 Å².